The van der Waals surface area contributed by atoms with Gasteiger partial charge in [0.25, 0.3) is 5.89 Å². The summed E-state index contributed by atoms with van der Waals surface area (Å²) in [6, 6.07) is 0.314. The van der Waals surface area contributed by atoms with Crippen molar-refractivity contribution in [1.82, 2.24) is 30.1 Å². The zero-order valence-corrected chi connectivity index (χ0v) is 16.2. The van der Waals surface area contributed by atoms with Gasteiger partial charge in [0.15, 0.2) is 11.5 Å². The van der Waals surface area contributed by atoms with Gasteiger partial charge in [0.1, 0.15) is 0 Å². The van der Waals surface area contributed by atoms with Gasteiger partial charge in [-0.15, -0.1) is 0 Å². The zero-order valence-electron chi connectivity index (χ0n) is 16.2. The molecule has 2 amide bonds. The Kier molecular flexibility index (Phi) is 4.54. The molecule has 2 fully saturated rings. The number of nitrogens with zero attached hydrogens (tertiary/aromatic N) is 5. The molecular formula is C19H26N6O3. The van der Waals surface area contributed by atoms with Crippen LogP contribution >= 0.6 is 0 Å². The summed E-state index contributed by atoms with van der Waals surface area (Å²) >= 11 is 0. The second-order valence-electron chi connectivity index (χ2n) is 8.03. The van der Waals surface area contributed by atoms with E-state index >= 15 is 0 Å². The largest absolute Gasteiger partial charge is 0.381 e. The van der Waals surface area contributed by atoms with Crippen LogP contribution in [0.1, 0.15) is 61.5 Å². The first-order valence-electron chi connectivity index (χ1n) is 10.2. The molecule has 0 spiro atoms. The molecule has 9 nitrogen and oxygen atoms in total. The highest BCUT2D eigenvalue weighted by Gasteiger charge is 2.33. The number of nitrogens with one attached hydrogen (secondary N) is 1. The Morgan fingerprint density at radius 3 is 2.71 bits per heavy atom. The molecule has 28 heavy (non-hydrogen) atoms. The summed E-state index contributed by atoms with van der Waals surface area (Å²) in [5, 5.41) is 12.0. The van der Waals surface area contributed by atoms with E-state index in [1.807, 2.05) is 16.6 Å². The van der Waals surface area contributed by atoms with Crippen LogP contribution in [0.4, 0.5) is 4.79 Å². The van der Waals surface area contributed by atoms with Crippen LogP contribution in [0.25, 0.3) is 11.6 Å². The molecule has 5 rings (SSSR count). The van der Waals surface area contributed by atoms with Gasteiger partial charge in [-0.1, -0.05) is 18.0 Å². The zero-order chi connectivity index (χ0) is 19.1. The Morgan fingerprint density at radius 1 is 1.14 bits per heavy atom. The maximum Gasteiger partial charge on any atom is 0.318 e. The number of ether oxygens (including phenoxy) is 1. The fraction of sp³-hybridized carbons (Fsp3) is 0.684. The first-order valence-corrected chi connectivity index (χ1v) is 10.2. The van der Waals surface area contributed by atoms with Crippen molar-refractivity contribution < 1.29 is 14.1 Å². The third kappa shape index (κ3) is 3.17. The van der Waals surface area contributed by atoms with E-state index in [9.17, 15) is 4.79 Å². The topological polar surface area (TPSA) is 98.3 Å². The monoisotopic (exact) mass is 386 g/mol. The van der Waals surface area contributed by atoms with E-state index in [4.69, 9.17) is 9.26 Å². The van der Waals surface area contributed by atoms with Crippen molar-refractivity contribution in [2.24, 2.45) is 7.05 Å². The molecule has 0 radical (unpaired) electrons. The highest BCUT2D eigenvalue weighted by molar-refractivity contribution is 5.76. The van der Waals surface area contributed by atoms with Crippen LogP contribution in [-0.2, 0) is 24.9 Å². The van der Waals surface area contributed by atoms with Crippen molar-refractivity contribution in [2.45, 2.75) is 63.6 Å². The molecule has 1 aliphatic carbocycles. The fourth-order valence-corrected chi connectivity index (χ4v) is 4.50. The number of amides is 2. The number of rotatable bonds is 3. The SMILES string of the molecule is Cn1nc(-c2nc(C3CCOCC3)no2)c2c1CN(C(=O)NC1CCCC1)C2. The standard InChI is InChI=1S/C19H26N6O3/c1-24-15-11-25(19(26)20-13-4-2-3-5-13)10-14(15)16(22-24)18-21-17(23-28-18)12-6-8-27-9-7-12/h12-13H,2-11H2,1H3,(H,20,26). The van der Waals surface area contributed by atoms with E-state index in [0.29, 0.717) is 30.7 Å². The molecule has 0 bridgehead atoms. The molecule has 3 aliphatic rings. The van der Waals surface area contributed by atoms with Gasteiger partial charge >= 0.3 is 6.03 Å². The third-order valence-corrected chi connectivity index (χ3v) is 6.17. The molecule has 1 saturated carbocycles. The summed E-state index contributed by atoms with van der Waals surface area (Å²) < 4.78 is 12.8. The summed E-state index contributed by atoms with van der Waals surface area (Å²) in [7, 11) is 1.90. The van der Waals surface area contributed by atoms with Crippen LogP contribution in [0.15, 0.2) is 4.52 Å². The molecule has 9 heteroatoms. The van der Waals surface area contributed by atoms with E-state index in [1.54, 1.807) is 0 Å². The second-order valence-corrected chi connectivity index (χ2v) is 8.03. The van der Waals surface area contributed by atoms with Crippen molar-refractivity contribution in [3.8, 4) is 11.6 Å². The van der Waals surface area contributed by atoms with E-state index in [0.717, 1.165) is 56.0 Å². The molecule has 0 aromatic carbocycles. The molecule has 2 aromatic rings. The van der Waals surface area contributed by atoms with Gasteiger partial charge in [0.05, 0.1) is 18.8 Å². The normalized spacial score (nSPS) is 20.7. The van der Waals surface area contributed by atoms with Crippen LogP contribution in [0.3, 0.4) is 0 Å². The van der Waals surface area contributed by atoms with Crippen molar-refractivity contribution in [3.63, 3.8) is 0 Å². The maximum absolute atomic E-state index is 12.7. The molecule has 1 saturated heterocycles. The Bertz CT molecular complexity index is 863. The van der Waals surface area contributed by atoms with Gasteiger partial charge in [-0.25, -0.2) is 4.79 Å². The number of aromatic nitrogens is 4. The number of fused-ring (bicyclic) bond motifs is 1. The summed E-state index contributed by atoms with van der Waals surface area (Å²) in [4.78, 5) is 19.1. The fourth-order valence-electron chi connectivity index (χ4n) is 4.50. The smallest absolute Gasteiger partial charge is 0.318 e. The lowest BCUT2D eigenvalue weighted by Crippen LogP contribution is -2.41. The Balaban J connectivity index is 1.33. The number of carbonyl (C=O) groups excluding carboxylic acids is 1. The number of aryl methyl sites for hydroxylation is 1. The van der Waals surface area contributed by atoms with Crippen LogP contribution in [0.5, 0.6) is 0 Å². The second kappa shape index (κ2) is 7.20. The van der Waals surface area contributed by atoms with Gasteiger partial charge < -0.3 is 19.5 Å². The minimum absolute atomic E-state index is 0.00229. The van der Waals surface area contributed by atoms with Crippen molar-refractivity contribution in [1.29, 1.82) is 0 Å². The summed E-state index contributed by atoms with van der Waals surface area (Å²) in [5.74, 6) is 1.44. The molecule has 0 atom stereocenters. The van der Waals surface area contributed by atoms with Gasteiger partial charge in [0, 0.05) is 37.8 Å². The van der Waals surface area contributed by atoms with Gasteiger partial charge in [-0.05, 0) is 25.7 Å². The Morgan fingerprint density at radius 2 is 1.93 bits per heavy atom. The first kappa shape index (κ1) is 17.7. The Labute approximate surface area is 163 Å². The van der Waals surface area contributed by atoms with Gasteiger partial charge in [-0.3, -0.25) is 4.68 Å². The number of hydrogen-bond acceptors (Lipinski definition) is 6. The lowest BCUT2D eigenvalue weighted by molar-refractivity contribution is 0.0830. The van der Waals surface area contributed by atoms with E-state index < -0.39 is 0 Å². The van der Waals surface area contributed by atoms with E-state index in [2.05, 4.69) is 20.6 Å². The summed E-state index contributed by atoms with van der Waals surface area (Å²) in [6.45, 7) is 2.54. The van der Waals surface area contributed by atoms with Crippen molar-refractivity contribution >= 4 is 6.03 Å². The average molecular weight is 386 g/mol. The first-order chi connectivity index (χ1) is 13.7. The van der Waals surface area contributed by atoms with Crippen molar-refractivity contribution in [3.05, 3.63) is 17.1 Å². The van der Waals surface area contributed by atoms with Gasteiger partial charge in [0.2, 0.25) is 0 Å². The average Bonchev–Trinajstić information content (AvgIpc) is 3.49. The molecular weight excluding hydrogens is 360 g/mol. The Hall–Kier alpha value is -2.42. The maximum atomic E-state index is 12.7. The number of hydrogen-bond donors (Lipinski definition) is 1. The van der Waals surface area contributed by atoms with Gasteiger partial charge in [-0.2, -0.15) is 10.1 Å². The molecule has 4 heterocycles. The van der Waals surface area contributed by atoms with Crippen LogP contribution in [0, 0.1) is 0 Å². The predicted molar refractivity (Wildman–Crippen MR) is 99.3 cm³/mol. The summed E-state index contributed by atoms with van der Waals surface area (Å²) in [5.41, 5.74) is 2.73. The predicted octanol–water partition coefficient (Wildman–Crippen LogP) is 2.33. The lowest BCUT2D eigenvalue weighted by atomic mass is 10.00. The summed E-state index contributed by atoms with van der Waals surface area (Å²) in [6.07, 6.45) is 6.38. The van der Waals surface area contributed by atoms with Crippen LogP contribution < -0.4 is 5.32 Å². The molecule has 1 N–H and O–H groups in total. The third-order valence-electron chi connectivity index (χ3n) is 6.17. The van der Waals surface area contributed by atoms with E-state index in [-0.39, 0.29) is 11.9 Å². The highest BCUT2D eigenvalue weighted by atomic mass is 16.5. The lowest BCUT2D eigenvalue weighted by Gasteiger charge is -2.20. The molecule has 2 aliphatic heterocycles. The van der Waals surface area contributed by atoms with Crippen molar-refractivity contribution in [2.75, 3.05) is 13.2 Å². The highest BCUT2D eigenvalue weighted by Crippen LogP contribution is 2.33. The minimum atomic E-state index is 0.00229. The number of urea groups is 1. The quantitative estimate of drug-likeness (QED) is 0.869. The molecule has 0 unspecified atom stereocenters. The van der Waals surface area contributed by atoms with E-state index in [1.165, 1.54) is 12.8 Å². The molecule has 2 aromatic heterocycles. The number of carbonyl (C=O) groups is 1. The molecule has 150 valence electrons. The minimum Gasteiger partial charge on any atom is -0.381 e. The van der Waals surface area contributed by atoms with Crippen LogP contribution in [-0.4, -0.2) is 50.1 Å². The van der Waals surface area contributed by atoms with Crippen LogP contribution in [0.2, 0.25) is 0 Å².